The molecule has 208 valence electrons. The molecule has 1 amide bonds. The first kappa shape index (κ1) is 28.1. The number of esters is 1. The standard InChI is InChI=1S/C29H36N4O6/c1-29(2,3)39-26(34)16-33-15-21(32-28(35)38-17-20-8-6-5-7-9-20)10-11-22(33)18-37-27-24-14-23(36-4)12-13-25(24)30-19-31-27/h5-9,12-14,19,21-22H,10-11,15-18H2,1-4H3,(H,32,35)/t21-,22+/m0/s1. The fourth-order valence-electron chi connectivity index (χ4n) is 4.50. The smallest absolute Gasteiger partial charge is 0.407 e. The molecule has 1 saturated heterocycles. The zero-order valence-corrected chi connectivity index (χ0v) is 22.9. The first-order valence-corrected chi connectivity index (χ1v) is 13.0. The molecule has 0 saturated carbocycles. The molecule has 2 atom stereocenters. The molecule has 39 heavy (non-hydrogen) atoms. The number of carbonyl (C=O) groups excluding carboxylic acids is 2. The van der Waals surface area contributed by atoms with Crippen LogP contribution in [0.15, 0.2) is 54.9 Å². The van der Waals surface area contributed by atoms with E-state index in [1.54, 1.807) is 7.11 Å². The summed E-state index contributed by atoms with van der Waals surface area (Å²) >= 11 is 0. The summed E-state index contributed by atoms with van der Waals surface area (Å²) < 4.78 is 22.5. The van der Waals surface area contributed by atoms with E-state index >= 15 is 0 Å². The van der Waals surface area contributed by atoms with E-state index in [1.165, 1.54) is 6.33 Å². The van der Waals surface area contributed by atoms with Crippen LogP contribution in [0.5, 0.6) is 11.6 Å². The van der Waals surface area contributed by atoms with Crippen LogP contribution in [-0.2, 0) is 20.9 Å². The molecule has 0 bridgehead atoms. The van der Waals surface area contributed by atoms with Gasteiger partial charge in [0.05, 0.1) is 24.6 Å². The summed E-state index contributed by atoms with van der Waals surface area (Å²) in [6.45, 7) is 6.52. The van der Waals surface area contributed by atoms with Gasteiger partial charge in [-0.05, 0) is 57.4 Å². The highest BCUT2D eigenvalue weighted by Crippen LogP contribution is 2.27. The highest BCUT2D eigenvalue weighted by molar-refractivity contribution is 5.84. The number of benzene rings is 2. The molecule has 1 aliphatic heterocycles. The van der Waals surface area contributed by atoms with Crippen molar-refractivity contribution in [3.63, 3.8) is 0 Å². The molecule has 10 nitrogen and oxygen atoms in total. The number of methoxy groups -OCH3 is 1. The minimum absolute atomic E-state index is 0.0703. The van der Waals surface area contributed by atoms with Crippen LogP contribution in [-0.4, -0.2) is 71.4 Å². The van der Waals surface area contributed by atoms with Crippen LogP contribution in [0.4, 0.5) is 4.79 Å². The van der Waals surface area contributed by atoms with Crippen LogP contribution in [0.2, 0.25) is 0 Å². The Balaban J connectivity index is 1.41. The number of amides is 1. The van der Waals surface area contributed by atoms with E-state index in [2.05, 4.69) is 15.3 Å². The minimum Gasteiger partial charge on any atom is -0.497 e. The van der Waals surface area contributed by atoms with E-state index in [4.69, 9.17) is 18.9 Å². The van der Waals surface area contributed by atoms with E-state index in [1.807, 2.05) is 74.2 Å². The van der Waals surface area contributed by atoms with Crippen LogP contribution in [0.3, 0.4) is 0 Å². The lowest BCUT2D eigenvalue weighted by atomic mass is 9.98. The Labute approximate surface area is 228 Å². The number of hydrogen-bond donors (Lipinski definition) is 1. The Hall–Kier alpha value is -3.92. The maximum atomic E-state index is 12.7. The van der Waals surface area contributed by atoms with Gasteiger partial charge in [-0.25, -0.2) is 14.8 Å². The number of piperidine rings is 1. The van der Waals surface area contributed by atoms with Gasteiger partial charge in [-0.2, -0.15) is 0 Å². The molecule has 2 aromatic carbocycles. The number of nitrogens with zero attached hydrogens (tertiary/aromatic N) is 3. The van der Waals surface area contributed by atoms with Gasteiger partial charge in [0.25, 0.3) is 0 Å². The molecule has 1 fully saturated rings. The maximum absolute atomic E-state index is 12.7. The maximum Gasteiger partial charge on any atom is 0.407 e. The third-order valence-electron chi connectivity index (χ3n) is 6.32. The topological polar surface area (TPSA) is 112 Å². The summed E-state index contributed by atoms with van der Waals surface area (Å²) in [6, 6.07) is 14.8. The van der Waals surface area contributed by atoms with Gasteiger partial charge in [-0.15, -0.1) is 0 Å². The predicted octanol–water partition coefficient (Wildman–Crippen LogP) is 4.12. The second-order valence-electron chi connectivity index (χ2n) is 10.5. The molecule has 1 aliphatic rings. The number of alkyl carbamates (subject to hydrolysis) is 1. The number of likely N-dealkylation sites (tertiary alicyclic amines) is 1. The van der Waals surface area contributed by atoms with E-state index in [0.29, 0.717) is 37.6 Å². The first-order valence-electron chi connectivity index (χ1n) is 13.0. The van der Waals surface area contributed by atoms with E-state index in [0.717, 1.165) is 16.5 Å². The average Bonchev–Trinajstić information content (AvgIpc) is 2.90. The summed E-state index contributed by atoms with van der Waals surface area (Å²) in [7, 11) is 1.60. The van der Waals surface area contributed by atoms with Gasteiger partial charge in [-0.1, -0.05) is 30.3 Å². The molecule has 1 aromatic heterocycles. The predicted molar refractivity (Wildman–Crippen MR) is 146 cm³/mol. The number of nitrogens with one attached hydrogen (secondary N) is 1. The molecule has 10 heteroatoms. The highest BCUT2D eigenvalue weighted by atomic mass is 16.6. The van der Waals surface area contributed by atoms with Crippen molar-refractivity contribution in [1.29, 1.82) is 0 Å². The Morgan fingerprint density at radius 1 is 1.08 bits per heavy atom. The van der Waals surface area contributed by atoms with Crippen molar-refractivity contribution >= 4 is 23.0 Å². The van der Waals surface area contributed by atoms with E-state index in [-0.39, 0.29) is 31.2 Å². The summed E-state index contributed by atoms with van der Waals surface area (Å²) in [6.07, 6.45) is 2.37. The summed E-state index contributed by atoms with van der Waals surface area (Å²) in [5.74, 6) is 0.789. The first-order chi connectivity index (χ1) is 18.7. The number of fused-ring (bicyclic) bond motifs is 1. The van der Waals surface area contributed by atoms with Crippen LogP contribution < -0.4 is 14.8 Å². The number of carbonyl (C=O) groups is 2. The van der Waals surface area contributed by atoms with Crippen molar-refractivity contribution in [2.75, 3.05) is 26.8 Å². The van der Waals surface area contributed by atoms with E-state index in [9.17, 15) is 9.59 Å². The molecule has 0 aliphatic carbocycles. The minimum atomic E-state index is -0.601. The average molecular weight is 537 g/mol. The number of rotatable bonds is 9. The van der Waals surface area contributed by atoms with Crippen LogP contribution in [0, 0.1) is 0 Å². The van der Waals surface area contributed by atoms with Crippen molar-refractivity contribution in [1.82, 2.24) is 20.2 Å². The Morgan fingerprint density at radius 3 is 2.62 bits per heavy atom. The number of aromatic nitrogens is 2. The molecule has 1 N–H and O–H groups in total. The summed E-state index contributed by atoms with van der Waals surface area (Å²) in [4.78, 5) is 35.8. The third-order valence-corrected chi connectivity index (χ3v) is 6.32. The monoisotopic (exact) mass is 536 g/mol. The lowest BCUT2D eigenvalue weighted by molar-refractivity contribution is -0.157. The van der Waals surface area contributed by atoms with Crippen molar-refractivity contribution < 1.29 is 28.5 Å². The molecule has 2 heterocycles. The molecule has 0 spiro atoms. The fourth-order valence-corrected chi connectivity index (χ4v) is 4.50. The van der Waals surface area contributed by atoms with Crippen molar-refractivity contribution in [2.24, 2.45) is 0 Å². The number of ether oxygens (including phenoxy) is 4. The van der Waals surface area contributed by atoms with Gasteiger partial charge in [0, 0.05) is 18.6 Å². The number of hydrogen-bond acceptors (Lipinski definition) is 9. The SMILES string of the molecule is COc1ccc2ncnc(OC[C@H]3CC[C@H](NC(=O)OCc4ccccc4)CN3CC(=O)OC(C)(C)C)c2c1. The molecular formula is C29H36N4O6. The quantitative estimate of drug-likeness (QED) is 0.404. The molecule has 0 radical (unpaired) electrons. The normalized spacial score (nSPS) is 17.8. The lowest BCUT2D eigenvalue weighted by Gasteiger charge is -2.39. The van der Waals surface area contributed by atoms with Gasteiger partial charge >= 0.3 is 12.1 Å². The zero-order valence-electron chi connectivity index (χ0n) is 22.9. The van der Waals surface area contributed by atoms with Gasteiger partial charge in [-0.3, -0.25) is 9.69 Å². The third kappa shape index (κ3) is 8.28. The Kier molecular flexibility index (Phi) is 9.19. The zero-order chi connectivity index (χ0) is 27.8. The van der Waals surface area contributed by atoms with E-state index < -0.39 is 11.7 Å². The van der Waals surface area contributed by atoms with Gasteiger partial charge in [0.2, 0.25) is 5.88 Å². The largest absolute Gasteiger partial charge is 0.497 e. The van der Waals surface area contributed by atoms with Gasteiger partial charge in [0.15, 0.2) is 0 Å². The Morgan fingerprint density at radius 2 is 1.87 bits per heavy atom. The molecule has 4 rings (SSSR count). The van der Waals surface area contributed by atoms with Crippen molar-refractivity contribution in [2.45, 2.75) is 57.9 Å². The van der Waals surface area contributed by atoms with Crippen molar-refractivity contribution in [3.8, 4) is 11.6 Å². The van der Waals surface area contributed by atoms with Crippen LogP contribution in [0.25, 0.3) is 10.9 Å². The van der Waals surface area contributed by atoms with Crippen molar-refractivity contribution in [3.05, 3.63) is 60.4 Å². The van der Waals surface area contributed by atoms with Crippen LogP contribution in [0.1, 0.15) is 39.2 Å². The molecule has 3 aromatic rings. The second-order valence-corrected chi connectivity index (χ2v) is 10.5. The highest BCUT2D eigenvalue weighted by Gasteiger charge is 2.32. The van der Waals surface area contributed by atoms with Crippen LogP contribution >= 0.6 is 0 Å². The molecule has 0 unspecified atom stereocenters. The Bertz CT molecular complexity index is 1260. The second kappa shape index (κ2) is 12.8. The lowest BCUT2D eigenvalue weighted by Crippen LogP contribution is -2.55. The fraction of sp³-hybridized carbons (Fsp3) is 0.448. The van der Waals surface area contributed by atoms with Gasteiger partial charge < -0.3 is 24.3 Å². The summed E-state index contributed by atoms with van der Waals surface area (Å²) in [5.41, 5.74) is 1.06. The molecular weight excluding hydrogens is 500 g/mol. The van der Waals surface area contributed by atoms with Gasteiger partial charge in [0.1, 0.15) is 30.9 Å². The summed E-state index contributed by atoms with van der Waals surface area (Å²) in [5, 5.41) is 3.68.